The van der Waals surface area contributed by atoms with E-state index >= 15 is 0 Å². The predicted octanol–water partition coefficient (Wildman–Crippen LogP) is 4.12. The van der Waals surface area contributed by atoms with Crippen LogP contribution in [-0.4, -0.2) is 29.2 Å². The van der Waals surface area contributed by atoms with Gasteiger partial charge in [0.25, 0.3) is 0 Å². The number of fused-ring (bicyclic) bond motifs is 2. The Balaban J connectivity index is 2.25. The zero-order valence-corrected chi connectivity index (χ0v) is 14.7. The number of ether oxygens (including phenoxy) is 1. The Morgan fingerprint density at radius 3 is 2.74 bits per heavy atom. The normalized spacial score (nSPS) is 40.6. The minimum atomic E-state index is -0.876. The third-order valence-corrected chi connectivity index (χ3v) is 5.28. The second-order valence-corrected chi connectivity index (χ2v) is 7.44. The molecule has 2 rings (SSSR count). The van der Waals surface area contributed by atoms with E-state index in [2.05, 4.69) is 32.6 Å². The molecule has 0 aliphatic carbocycles. The second kappa shape index (κ2) is 7.59. The van der Waals surface area contributed by atoms with Gasteiger partial charge in [0.15, 0.2) is 0 Å². The average Bonchev–Trinajstić information content (AvgIpc) is 2.90. The smallest absolute Gasteiger partial charge is 0.145 e. The van der Waals surface area contributed by atoms with Crippen molar-refractivity contribution in [2.45, 2.75) is 77.1 Å². The van der Waals surface area contributed by atoms with Gasteiger partial charge in [-0.3, -0.25) is 4.79 Å². The van der Waals surface area contributed by atoms with Crippen molar-refractivity contribution in [3.63, 3.8) is 0 Å². The SMILES string of the molecule is C=C(C=O)[C@H]1C[C@H]2O[C@H]1C/C(C)=C/CC/C(C)=C/CC[C@]2(C)O. The zero-order valence-electron chi connectivity index (χ0n) is 14.7. The molecule has 0 aromatic heterocycles. The van der Waals surface area contributed by atoms with Gasteiger partial charge < -0.3 is 9.84 Å². The van der Waals surface area contributed by atoms with Crippen LogP contribution in [0, 0.1) is 5.92 Å². The minimum Gasteiger partial charge on any atom is -0.387 e. The van der Waals surface area contributed by atoms with Gasteiger partial charge in [-0.25, -0.2) is 0 Å². The second-order valence-electron chi connectivity index (χ2n) is 7.44. The van der Waals surface area contributed by atoms with Crippen LogP contribution in [0.25, 0.3) is 0 Å². The molecule has 2 bridgehead atoms. The van der Waals surface area contributed by atoms with E-state index in [-0.39, 0.29) is 18.1 Å². The number of aldehydes is 1. The van der Waals surface area contributed by atoms with Crippen LogP contribution in [0.2, 0.25) is 0 Å². The summed E-state index contributed by atoms with van der Waals surface area (Å²) in [5, 5.41) is 10.9. The topological polar surface area (TPSA) is 46.5 Å². The first-order chi connectivity index (χ1) is 10.8. The number of carbonyl (C=O) groups excluding carboxylic acids is 1. The molecule has 0 spiro atoms. The van der Waals surface area contributed by atoms with Crippen molar-refractivity contribution in [3.8, 4) is 0 Å². The van der Waals surface area contributed by atoms with E-state index in [1.807, 2.05) is 6.92 Å². The van der Waals surface area contributed by atoms with Gasteiger partial charge in [-0.05, 0) is 64.9 Å². The van der Waals surface area contributed by atoms with E-state index in [9.17, 15) is 9.90 Å². The van der Waals surface area contributed by atoms with Gasteiger partial charge in [-0.15, -0.1) is 0 Å². The third kappa shape index (κ3) is 4.65. The van der Waals surface area contributed by atoms with E-state index in [1.165, 1.54) is 11.1 Å². The van der Waals surface area contributed by atoms with Gasteiger partial charge in [0.1, 0.15) is 6.29 Å². The molecule has 2 heterocycles. The summed E-state index contributed by atoms with van der Waals surface area (Å²) in [7, 11) is 0. The molecule has 1 saturated heterocycles. The Bertz CT molecular complexity index is 513. The third-order valence-electron chi connectivity index (χ3n) is 5.28. The van der Waals surface area contributed by atoms with Crippen LogP contribution in [0.4, 0.5) is 0 Å². The highest BCUT2D eigenvalue weighted by Gasteiger charge is 2.44. The van der Waals surface area contributed by atoms with E-state index in [0.29, 0.717) is 18.4 Å². The summed E-state index contributed by atoms with van der Waals surface area (Å²) in [6.07, 6.45) is 10.1. The lowest BCUT2D eigenvalue weighted by Gasteiger charge is -2.29. The van der Waals surface area contributed by atoms with Gasteiger partial charge in [0, 0.05) is 5.92 Å². The van der Waals surface area contributed by atoms with Crippen molar-refractivity contribution in [2.24, 2.45) is 5.92 Å². The van der Waals surface area contributed by atoms with Gasteiger partial charge >= 0.3 is 0 Å². The van der Waals surface area contributed by atoms with Gasteiger partial charge in [-0.1, -0.05) is 29.9 Å². The summed E-state index contributed by atoms with van der Waals surface area (Å²) in [5.41, 5.74) is 2.37. The van der Waals surface area contributed by atoms with E-state index in [1.54, 1.807) is 0 Å². The Hall–Kier alpha value is -1.19. The van der Waals surface area contributed by atoms with Crippen LogP contribution in [0.5, 0.6) is 0 Å². The molecular weight excluding hydrogens is 288 g/mol. The summed E-state index contributed by atoms with van der Waals surface area (Å²) in [6, 6.07) is 0. The van der Waals surface area contributed by atoms with Crippen LogP contribution in [0.1, 0.15) is 59.3 Å². The van der Waals surface area contributed by atoms with Crippen molar-refractivity contribution in [3.05, 3.63) is 35.5 Å². The zero-order chi connectivity index (χ0) is 17.0. The maximum atomic E-state index is 11.2. The van der Waals surface area contributed by atoms with E-state index in [0.717, 1.165) is 32.0 Å². The predicted molar refractivity (Wildman–Crippen MR) is 93.2 cm³/mol. The first kappa shape index (κ1) is 18.2. The van der Waals surface area contributed by atoms with Crippen molar-refractivity contribution < 1.29 is 14.6 Å². The molecule has 128 valence electrons. The Labute approximate surface area is 140 Å². The fraction of sp³-hybridized carbons (Fsp3) is 0.650. The number of aliphatic hydroxyl groups is 1. The molecule has 1 N–H and O–H groups in total. The quantitative estimate of drug-likeness (QED) is 0.473. The number of carbonyl (C=O) groups is 1. The molecule has 2 aliphatic rings. The molecule has 0 saturated carbocycles. The lowest BCUT2D eigenvalue weighted by molar-refractivity contribution is -0.105. The lowest BCUT2D eigenvalue weighted by atomic mass is 9.84. The molecule has 0 unspecified atom stereocenters. The van der Waals surface area contributed by atoms with E-state index < -0.39 is 5.60 Å². The monoisotopic (exact) mass is 318 g/mol. The molecule has 0 radical (unpaired) electrons. The van der Waals surface area contributed by atoms with Crippen LogP contribution in [0.15, 0.2) is 35.5 Å². The Morgan fingerprint density at radius 1 is 1.35 bits per heavy atom. The molecule has 3 nitrogen and oxygen atoms in total. The fourth-order valence-electron chi connectivity index (χ4n) is 3.63. The van der Waals surface area contributed by atoms with Crippen molar-refractivity contribution in [1.82, 2.24) is 0 Å². The van der Waals surface area contributed by atoms with Crippen molar-refractivity contribution in [1.29, 1.82) is 0 Å². The fourth-order valence-corrected chi connectivity index (χ4v) is 3.63. The molecule has 3 heteroatoms. The van der Waals surface area contributed by atoms with Crippen LogP contribution >= 0.6 is 0 Å². The molecule has 0 aromatic rings. The molecule has 1 fully saturated rings. The lowest BCUT2D eigenvalue weighted by Crippen LogP contribution is -2.39. The van der Waals surface area contributed by atoms with Crippen LogP contribution in [0.3, 0.4) is 0 Å². The summed E-state index contributed by atoms with van der Waals surface area (Å²) >= 11 is 0. The van der Waals surface area contributed by atoms with E-state index in [4.69, 9.17) is 4.74 Å². The van der Waals surface area contributed by atoms with Gasteiger partial charge in [0.05, 0.1) is 17.8 Å². The first-order valence-corrected chi connectivity index (χ1v) is 8.66. The Morgan fingerprint density at radius 2 is 2.04 bits per heavy atom. The molecule has 0 aromatic carbocycles. The van der Waals surface area contributed by atoms with Crippen LogP contribution < -0.4 is 0 Å². The highest BCUT2D eigenvalue weighted by Crippen LogP contribution is 2.40. The van der Waals surface area contributed by atoms with Crippen molar-refractivity contribution in [2.75, 3.05) is 0 Å². The summed E-state index contributed by atoms with van der Waals surface area (Å²) in [6.45, 7) is 10.0. The molecule has 0 amide bonds. The average molecular weight is 318 g/mol. The summed E-state index contributed by atoms with van der Waals surface area (Å²) in [4.78, 5) is 11.2. The molecule has 23 heavy (non-hydrogen) atoms. The van der Waals surface area contributed by atoms with Gasteiger partial charge in [-0.2, -0.15) is 0 Å². The first-order valence-electron chi connectivity index (χ1n) is 8.66. The minimum absolute atomic E-state index is 0.00698. The summed E-state index contributed by atoms with van der Waals surface area (Å²) < 4.78 is 6.19. The highest BCUT2D eigenvalue weighted by molar-refractivity contribution is 5.73. The number of hydrogen-bond donors (Lipinski definition) is 1. The standard InChI is InChI=1S/C20H30O3/c1-14-7-5-8-15(2)11-18-17(16(3)13-21)12-19(23-18)20(4,22)10-6-9-14/h8-9,13,17-19,22H,3,5-7,10-12H2,1-2,4H3/b14-9+,15-8+/t17-,18+,19-,20+/m1/s1. The summed E-state index contributed by atoms with van der Waals surface area (Å²) in [5.74, 6) is 0.00698. The Kier molecular flexibility index (Phi) is 5.99. The van der Waals surface area contributed by atoms with Crippen molar-refractivity contribution >= 4 is 6.29 Å². The maximum absolute atomic E-state index is 11.2. The van der Waals surface area contributed by atoms with Gasteiger partial charge in [0.2, 0.25) is 0 Å². The molecule has 4 atom stereocenters. The molecule has 2 aliphatic heterocycles. The number of hydrogen-bond acceptors (Lipinski definition) is 3. The molecular formula is C20H30O3. The maximum Gasteiger partial charge on any atom is 0.145 e. The highest BCUT2D eigenvalue weighted by atomic mass is 16.5. The largest absolute Gasteiger partial charge is 0.387 e. The number of rotatable bonds is 2. The number of allylic oxidation sites excluding steroid dienone is 3. The van der Waals surface area contributed by atoms with Crippen LogP contribution in [-0.2, 0) is 9.53 Å².